The average Bonchev–Trinajstić information content (AvgIpc) is 2.55. The molecule has 5 nitrogen and oxygen atoms in total. The van der Waals surface area contributed by atoms with E-state index >= 15 is 0 Å². The second-order valence-corrected chi connectivity index (χ2v) is 4.62. The lowest BCUT2D eigenvalue weighted by Gasteiger charge is -2.14. The fraction of sp³-hybridized carbons (Fsp3) is 0.125. The molecule has 2 amide bonds. The molecule has 0 aliphatic carbocycles. The molecule has 0 saturated heterocycles. The number of hydroxylamine groups is 1. The highest BCUT2D eigenvalue weighted by Crippen LogP contribution is 2.14. The molecule has 5 heteroatoms. The first kappa shape index (κ1) is 14.7. The third kappa shape index (κ3) is 3.67. The Morgan fingerprint density at radius 3 is 2.05 bits per heavy atom. The van der Waals surface area contributed by atoms with Crippen LogP contribution >= 0.6 is 0 Å². The first-order valence-corrected chi connectivity index (χ1v) is 6.52. The van der Waals surface area contributed by atoms with Crippen LogP contribution in [0.4, 0.5) is 0 Å². The first-order chi connectivity index (χ1) is 10.1. The van der Waals surface area contributed by atoms with E-state index in [0.29, 0.717) is 11.1 Å². The van der Waals surface area contributed by atoms with Gasteiger partial charge in [-0.25, -0.2) is 5.48 Å². The largest absolute Gasteiger partial charge is 0.346 e. The van der Waals surface area contributed by atoms with Crippen LogP contribution < -0.4 is 10.8 Å². The maximum absolute atomic E-state index is 12.0. The van der Waals surface area contributed by atoms with E-state index in [1.807, 2.05) is 25.1 Å². The standard InChI is InChI=1S/C16H16N2O3/c1-11(17-15(19)13-5-3-2-4-6-13)12-7-9-14(10-8-12)16(20)18-21/h2-11,21H,1H3,(H,17,19)(H,18,20). The van der Waals surface area contributed by atoms with Crippen LogP contribution in [0.2, 0.25) is 0 Å². The van der Waals surface area contributed by atoms with Crippen LogP contribution in [0.15, 0.2) is 54.6 Å². The van der Waals surface area contributed by atoms with E-state index in [2.05, 4.69) is 5.32 Å². The molecule has 21 heavy (non-hydrogen) atoms. The number of amides is 2. The van der Waals surface area contributed by atoms with E-state index in [-0.39, 0.29) is 11.9 Å². The minimum atomic E-state index is -0.567. The third-order valence-corrected chi connectivity index (χ3v) is 3.16. The SMILES string of the molecule is CC(NC(=O)c1ccccc1)c1ccc(C(=O)NO)cc1. The van der Waals surface area contributed by atoms with Gasteiger partial charge in [-0.1, -0.05) is 30.3 Å². The van der Waals surface area contributed by atoms with Crippen molar-refractivity contribution in [3.63, 3.8) is 0 Å². The van der Waals surface area contributed by atoms with Gasteiger partial charge >= 0.3 is 0 Å². The van der Waals surface area contributed by atoms with Crippen molar-refractivity contribution in [1.29, 1.82) is 0 Å². The van der Waals surface area contributed by atoms with Crippen LogP contribution in [0.25, 0.3) is 0 Å². The summed E-state index contributed by atoms with van der Waals surface area (Å²) in [6.07, 6.45) is 0. The van der Waals surface area contributed by atoms with E-state index in [1.165, 1.54) is 0 Å². The first-order valence-electron chi connectivity index (χ1n) is 6.52. The normalized spacial score (nSPS) is 11.5. The summed E-state index contributed by atoms with van der Waals surface area (Å²) >= 11 is 0. The van der Waals surface area contributed by atoms with Gasteiger partial charge in [-0.15, -0.1) is 0 Å². The molecule has 0 radical (unpaired) electrons. The van der Waals surface area contributed by atoms with E-state index < -0.39 is 5.91 Å². The van der Waals surface area contributed by atoms with E-state index in [1.54, 1.807) is 41.9 Å². The molecule has 0 saturated carbocycles. The fourth-order valence-corrected chi connectivity index (χ4v) is 1.94. The molecule has 0 aliphatic heterocycles. The van der Waals surface area contributed by atoms with Gasteiger partial charge in [-0.3, -0.25) is 14.8 Å². The van der Waals surface area contributed by atoms with Crippen LogP contribution in [0, 0.1) is 0 Å². The van der Waals surface area contributed by atoms with Gasteiger partial charge in [0.25, 0.3) is 11.8 Å². The number of hydrogen-bond donors (Lipinski definition) is 3. The summed E-state index contributed by atoms with van der Waals surface area (Å²) in [7, 11) is 0. The van der Waals surface area contributed by atoms with E-state index in [4.69, 9.17) is 5.21 Å². The summed E-state index contributed by atoms with van der Waals surface area (Å²) < 4.78 is 0. The number of hydrogen-bond acceptors (Lipinski definition) is 3. The Morgan fingerprint density at radius 1 is 0.905 bits per heavy atom. The van der Waals surface area contributed by atoms with Crippen molar-refractivity contribution in [2.75, 3.05) is 0 Å². The van der Waals surface area contributed by atoms with Crippen molar-refractivity contribution < 1.29 is 14.8 Å². The maximum atomic E-state index is 12.0. The number of benzene rings is 2. The summed E-state index contributed by atoms with van der Waals surface area (Å²) in [6.45, 7) is 1.86. The average molecular weight is 284 g/mol. The second kappa shape index (κ2) is 6.67. The van der Waals surface area contributed by atoms with Crippen molar-refractivity contribution in [2.24, 2.45) is 0 Å². The van der Waals surface area contributed by atoms with Crippen LogP contribution in [0.3, 0.4) is 0 Å². The maximum Gasteiger partial charge on any atom is 0.274 e. The van der Waals surface area contributed by atoms with Crippen LogP contribution in [0.5, 0.6) is 0 Å². The van der Waals surface area contributed by atoms with Crippen molar-refractivity contribution in [3.8, 4) is 0 Å². The molecule has 0 aliphatic rings. The van der Waals surface area contributed by atoms with E-state index in [0.717, 1.165) is 5.56 Å². The zero-order valence-corrected chi connectivity index (χ0v) is 11.5. The molecular formula is C16H16N2O3. The Kier molecular flexibility index (Phi) is 4.68. The third-order valence-electron chi connectivity index (χ3n) is 3.16. The molecule has 2 rings (SSSR count). The Hall–Kier alpha value is -2.66. The lowest BCUT2D eigenvalue weighted by molar-refractivity contribution is 0.0706. The number of carbonyl (C=O) groups excluding carboxylic acids is 2. The zero-order chi connectivity index (χ0) is 15.2. The van der Waals surface area contributed by atoms with Gasteiger partial charge in [-0.2, -0.15) is 0 Å². The molecule has 0 spiro atoms. The molecule has 0 heterocycles. The minimum absolute atomic E-state index is 0.153. The molecular weight excluding hydrogens is 268 g/mol. The van der Waals surface area contributed by atoms with Crippen molar-refractivity contribution >= 4 is 11.8 Å². The van der Waals surface area contributed by atoms with Gasteiger partial charge in [0, 0.05) is 11.1 Å². The summed E-state index contributed by atoms with van der Waals surface area (Å²) in [5.74, 6) is -0.720. The summed E-state index contributed by atoms with van der Waals surface area (Å²) in [6, 6.07) is 15.4. The predicted octanol–water partition coefficient (Wildman–Crippen LogP) is 2.30. The van der Waals surface area contributed by atoms with Gasteiger partial charge < -0.3 is 5.32 Å². The highest BCUT2D eigenvalue weighted by molar-refractivity contribution is 5.94. The van der Waals surface area contributed by atoms with Gasteiger partial charge in [0.1, 0.15) is 0 Å². The number of carbonyl (C=O) groups is 2. The predicted molar refractivity (Wildman–Crippen MR) is 78.0 cm³/mol. The molecule has 2 aromatic carbocycles. The van der Waals surface area contributed by atoms with Gasteiger partial charge in [0.2, 0.25) is 0 Å². The lowest BCUT2D eigenvalue weighted by atomic mass is 10.1. The molecule has 0 aromatic heterocycles. The van der Waals surface area contributed by atoms with Crippen LogP contribution in [-0.2, 0) is 0 Å². The van der Waals surface area contributed by atoms with Crippen molar-refractivity contribution in [2.45, 2.75) is 13.0 Å². The van der Waals surface area contributed by atoms with Gasteiger partial charge in [-0.05, 0) is 36.8 Å². The van der Waals surface area contributed by atoms with Crippen molar-refractivity contribution in [1.82, 2.24) is 10.8 Å². The topological polar surface area (TPSA) is 78.4 Å². The van der Waals surface area contributed by atoms with Gasteiger partial charge in [0.15, 0.2) is 0 Å². The molecule has 1 unspecified atom stereocenters. The highest BCUT2D eigenvalue weighted by Gasteiger charge is 2.12. The van der Waals surface area contributed by atoms with Crippen LogP contribution in [0.1, 0.15) is 39.2 Å². The summed E-state index contributed by atoms with van der Waals surface area (Å²) in [4.78, 5) is 23.3. The lowest BCUT2D eigenvalue weighted by Crippen LogP contribution is -2.26. The Labute approximate surface area is 122 Å². The summed E-state index contributed by atoms with van der Waals surface area (Å²) in [5.41, 5.74) is 3.39. The Morgan fingerprint density at radius 2 is 1.48 bits per heavy atom. The van der Waals surface area contributed by atoms with E-state index in [9.17, 15) is 9.59 Å². The number of rotatable bonds is 4. The molecule has 1 atom stereocenters. The quantitative estimate of drug-likeness (QED) is 0.595. The van der Waals surface area contributed by atoms with Crippen LogP contribution in [-0.4, -0.2) is 17.0 Å². The Bertz CT molecular complexity index is 624. The number of nitrogens with one attached hydrogen (secondary N) is 2. The molecule has 0 fully saturated rings. The highest BCUT2D eigenvalue weighted by atomic mass is 16.5. The monoisotopic (exact) mass is 284 g/mol. The smallest absolute Gasteiger partial charge is 0.274 e. The molecule has 0 bridgehead atoms. The second-order valence-electron chi connectivity index (χ2n) is 4.62. The van der Waals surface area contributed by atoms with Crippen molar-refractivity contribution in [3.05, 3.63) is 71.3 Å². The Balaban J connectivity index is 2.05. The van der Waals surface area contributed by atoms with Gasteiger partial charge in [0.05, 0.1) is 6.04 Å². The molecule has 2 aromatic rings. The molecule has 108 valence electrons. The minimum Gasteiger partial charge on any atom is -0.346 e. The molecule has 3 N–H and O–H groups in total. The zero-order valence-electron chi connectivity index (χ0n) is 11.5. The fourth-order valence-electron chi connectivity index (χ4n) is 1.94. The summed E-state index contributed by atoms with van der Waals surface area (Å²) in [5, 5.41) is 11.4.